The second-order valence-corrected chi connectivity index (χ2v) is 28.5. The molecule has 9 heterocycles. The molecule has 6 nitrogen and oxygen atoms in total. The third-order valence-electron chi connectivity index (χ3n) is 17.6. The normalized spacial score (nSPS) is 11.0. The molecule has 0 unspecified atom stereocenters. The average Bonchev–Trinajstić information content (AvgIpc) is 1.58. The van der Waals surface area contributed by atoms with Crippen LogP contribution in [0.3, 0.4) is 0 Å². The van der Waals surface area contributed by atoms with Gasteiger partial charge in [0.15, 0.2) is 0 Å². The SMILES string of the molecule is CC(C)(C)c1cc[c-]c(-c2nccc3ccccc23)c1.CC1(C)c2ccccc2-c2c[c-]c(-c3nccc4ccccc34)cc21.[Ir].[Ir].[Ir].[Ir].[Ir].[Ir].[c-]1c(-c2ccccn2)sc2ccccc12.[c-]1ccccc1-c1nccc2ccccc12.[c-]1ccsc1-c1ccccn1.[c-]1ccsc1-c1nccc2ccccc12. The molecule has 0 saturated heterocycles. The standard InChI is InChI=1S/C24H18N.C19H18N.C15H10N.2C13H8NS.C9H6NS.6Ir/c1-24(2)21-10-6-5-9-19(21)20-12-11-17(15-22(20)24)23-18-8-4-3-7-16(18)13-14-25-23;1-19(2,3)16-9-6-8-15(13-16)18-17-10-5-4-7-14(17)11-12-20-18;1-2-7-13(8-3-1)15-14-9-5-4-6-12(14)10-11-16-15;1-2-7-12-10(5-1)9-13(15-12)11-6-3-4-8-14-11;1-2-5-11-10(4-1)7-8-14-13(11)12-6-3-9-15-12;1-2-6-10-8(4-1)9-5-3-7-11-9;;;;;;/h3-10,12-15H,1-2H3;4-7,9-13H,1-3H3;1-7,9-11H;1-8H;1-5,7-9H;1-4,6-7H;;;;;;/q6*-1;;;;;;. The van der Waals surface area contributed by atoms with Crippen molar-refractivity contribution >= 4 is 87.2 Å². The Morgan fingerprint density at radius 3 is 1.30 bits per heavy atom. The van der Waals surface area contributed by atoms with Gasteiger partial charge >= 0.3 is 0 Å². The molecule has 0 aliphatic heterocycles. The number of nitrogens with zero attached hydrogens (tertiary/aromatic N) is 6. The monoisotopic (exact) mass is 2520 g/mol. The molecule has 6 radical (unpaired) electrons. The molecule has 15 heteroatoms. The van der Waals surface area contributed by atoms with Crippen LogP contribution in [-0.2, 0) is 131 Å². The maximum atomic E-state index is 4.67. The maximum Gasteiger partial charge on any atom is 0.0167 e. The van der Waals surface area contributed by atoms with E-state index in [-0.39, 0.29) is 131 Å². The Hall–Kier alpha value is -7.82. The molecule has 0 saturated carbocycles. The summed E-state index contributed by atoms with van der Waals surface area (Å²) in [6.07, 6.45) is 11.1. The largest absolute Gasteiger partial charge is 0.319 e. The first-order chi connectivity index (χ1) is 50.0. The van der Waals surface area contributed by atoms with Crippen molar-refractivity contribution in [2.75, 3.05) is 0 Å². The topological polar surface area (TPSA) is 77.3 Å². The van der Waals surface area contributed by atoms with Crippen LogP contribution in [0, 0.1) is 36.4 Å². The Bertz CT molecular complexity index is 5770. The molecular weight excluding hydrogens is 2450 g/mol. The van der Waals surface area contributed by atoms with E-state index in [1.54, 1.807) is 40.2 Å². The first kappa shape index (κ1) is 85.8. The van der Waals surface area contributed by atoms with Gasteiger partial charge in [0.1, 0.15) is 0 Å². The van der Waals surface area contributed by atoms with Crippen LogP contribution in [0.25, 0.3) is 130 Å². The molecule has 0 spiro atoms. The summed E-state index contributed by atoms with van der Waals surface area (Å²) in [4.78, 5) is 29.9. The molecule has 548 valence electrons. The van der Waals surface area contributed by atoms with Crippen molar-refractivity contribution in [2.24, 2.45) is 0 Å². The molecule has 108 heavy (non-hydrogen) atoms. The summed E-state index contributed by atoms with van der Waals surface area (Å²) in [5.74, 6) is 0. The predicted octanol–water partition coefficient (Wildman–Crippen LogP) is 24.8. The summed E-state index contributed by atoms with van der Waals surface area (Å²) in [6, 6.07) is 113. The van der Waals surface area contributed by atoms with Crippen molar-refractivity contribution in [3.63, 3.8) is 0 Å². The van der Waals surface area contributed by atoms with Crippen LogP contribution in [-0.4, -0.2) is 29.9 Å². The van der Waals surface area contributed by atoms with Crippen molar-refractivity contribution in [3.8, 4) is 76.6 Å². The van der Waals surface area contributed by atoms with E-state index in [1.807, 2.05) is 169 Å². The fourth-order valence-electron chi connectivity index (χ4n) is 12.5. The minimum atomic E-state index is 0. The third kappa shape index (κ3) is 20.4. The predicted molar refractivity (Wildman–Crippen MR) is 428 cm³/mol. The number of benzene rings is 9. The summed E-state index contributed by atoms with van der Waals surface area (Å²) in [5, 5.41) is 14.8. The minimum Gasteiger partial charge on any atom is -0.319 e. The van der Waals surface area contributed by atoms with Crippen LogP contribution < -0.4 is 0 Å². The summed E-state index contributed by atoms with van der Waals surface area (Å²) in [6.45, 7) is 11.3. The van der Waals surface area contributed by atoms with Gasteiger partial charge in [0.2, 0.25) is 0 Å². The fourth-order valence-corrected chi connectivity index (χ4v) is 14.8. The number of rotatable bonds is 6. The molecule has 0 atom stereocenters. The zero-order chi connectivity index (χ0) is 69.7. The van der Waals surface area contributed by atoms with E-state index in [0.29, 0.717) is 0 Å². The van der Waals surface area contributed by atoms with E-state index in [4.69, 9.17) is 0 Å². The number of thiophene rings is 3. The van der Waals surface area contributed by atoms with Gasteiger partial charge in [0.25, 0.3) is 0 Å². The first-order valence-electron chi connectivity index (χ1n) is 33.7. The number of aromatic nitrogens is 6. The molecule has 1 aliphatic rings. The van der Waals surface area contributed by atoms with Crippen LogP contribution in [0.2, 0.25) is 0 Å². The quantitative estimate of drug-likeness (QED) is 0.154. The van der Waals surface area contributed by atoms with E-state index >= 15 is 0 Å². The molecule has 1 aliphatic carbocycles. The Morgan fingerprint density at radius 2 is 0.787 bits per heavy atom. The summed E-state index contributed by atoms with van der Waals surface area (Å²) in [7, 11) is 0. The van der Waals surface area contributed by atoms with Gasteiger partial charge in [-0.05, 0) is 134 Å². The third-order valence-corrected chi connectivity index (χ3v) is 20.4. The van der Waals surface area contributed by atoms with Gasteiger partial charge in [-0.15, -0.1) is 135 Å². The van der Waals surface area contributed by atoms with Crippen molar-refractivity contribution < 1.29 is 121 Å². The number of fused-ring (bicyclic) bond motifs is 8. The van der Waals surface area contributed by atoms with E-state index < -0.39 is 0 Å². The first-order valence-corrected chi connectivity index (χ1v) is 36.2. The smallest absolute Gasteiger partial charge is 0.0167 e. The fraction of sp³-hybridized carbons (Fsp3) is 0.0753. The summed E-state index contributed by atoms with van der Waals surface area (Å²) < 4.78 is 1.26. The van der Waals surface area contributed by atoms with E-state index in [9.17, 15) is 0 Å². The Balaban J connectivity index is 0.000000164. The summed E-state index contributed by atoms with van der Waals surface area (Å²) >= 11 is 5.06. The van der Waals surface area contributed by atoms with Crippen molar-refractivity contribution in [2.45, 2.75) is 45.4 Å². The molecule has 9 aromatic heterocycles. The molecule has 18 aromatic rings. The summed E-state index contributed by atoms with van der Waals surface area (Å²) in [5.41, 5.74) is 16.0. The van der Waals surface area contributed by atoms with Gasteiger partial charge in [-0.2, -0.15) is 24.3 Å². The van der Waals surface area contributed by atoms with Gasteiger partial charge in [0, 0.05) is 164 Å². The second kappa shape index (κ2) is 40.7. The van der Waals surface area contributed by atoms with Gasteiger partial charge < -0.3 is 29.9 Å². The van der Waals surface area contributed by atoms with Crippen molar-refractivity contribution in [1.82, 2.24) is 29.9 Å². The Kier molecular flexibility index (Phi) is 32.4. The zero-order valence-electron chi connectivity index (χ0n) is 59.0. The minimum absolute atomic E-state index is 0. The molecular formula is C93H68Ir6N6S3-6. The maximum absolute atomic E-state index is 4.67. The van der Waals surface area contributed by atoms with Gasteiger partial charge in [-0.3, -0.25) is 0 Å². The van der Waals surface area contributed by atoms with Crippen LogP contribution >= 0.6 is 34.0 Å². The number of pyridine rings is 6. The molecule has 0 N–H and O–H groups in total. The number of hydrogen-bond acceptors (Lipinski definition) is 9. The molecule has 0 bridgehead atoms. The van der Waals surface area contributed by atoms with E-state index in [0.717, 1.165) is 65.5 Å². The number of hydrogen-bond donors (Lipinski definition) is 0. The van der Waals surface area contributed by atoms with Gasteiger partial charge in [0.05, 0.1) is 0 Å². The second-order valence-electron chi connectivity index (χ2n) is 25.7. The van der Waals surface area contributed by atoms with Gasteiger partial charge in [-0.25, -0.2) is 34.0 Å². The van der Waals surface area contributed by atoms with Crippen LogP contribution in [0.5, 0.6) is 0 Å². The van der Waals surface area contributed by atoms with Crippen LogP contribution in [0.15, 0.2) is 321 Å². The van der Waals surface area contributed by atoms with Crippen molar-refractivity contribution in [1.29, 1.82) is 0 Å². The Labute approximate surface area is 725 Å². The molecule has 9 aromatic carbocycles. The van der Waals surface area contributed by atoms with Gasteiger partial charge in [-0.1, -0.05) is 213 Å². The van der Waals surface area contributed by atoms with Crippen LogP contribution in [0.4, 0.5) is 0 Å². The Morgan fingerprint density at radius 1 is 0.333 bits per heavy atom. The van der Waals surface area contributed by atoms with Crippen LogP contribution in [0.1, 0.15) is 51.3 Å². The average molecular weight is 2520 g/mol. The zero-order valence-corrected chi connectivity index (χ0v) is 75.8. The molecule has 0 fully saturated rings. The van der Waals surface area contributed by atoms with E-state index in [2.05, 4.69) is 247 Å². The molecule has 0 amide bonds. The molecule has 19 rings (SSSR count). The van der Waals surface area contributed by atoms with E-state index in [1.165, 1.54) is 81.0 Å². The van der Waals surface area contributed by atoms with Crippen molar-refractivity contribution in [3.05, 3.63) is 374 Å².